The van der Waals surface area contributed by atoms with Crippen molar-refractivity contribution in [3.8, 4) is 0 Å². The van der Waals surface area contributed by atoms with Gasteiger partial charge in [-0.1, -0.05) is 42.5 Å². The Morgan fingerprint density at radius 1 is 0.951 bits per heavy atom. The van der Waals surface area contributed by atoms with Crippen molar-refractivity contribution in [1.82, 2.24) is 4.90 Å². The fourth-order valence-electron chi connectivity index (χ4n) is 4.58. The van der Waals surface area contributed by atoms with E-state index in [1.165, 1.54) is 12.1 Å². The Kier molecular flexibility index (Phi) is 8.69. The molecule has 13 heteroatoms. The number of hydrogen-bond donors (Lipinski definition) is 2. The second-order valence-electron chi connectivity index (χ2n) is 9.41. The number of primary amides is 1. The Hall–Kier alpha value is -4.36. The van der Waals surface area contributed by atoms with Gasteiger partial charge in [-0.2, -0.15) is 0 Å². The number of piperidine rings is 1. The van der Waals surface area contributed by atoms with Crippen LogP contribution in [-0.2, 0) is 9.53 Å². The first-order valence-corrected chi connectivity index (χ1v) is 12.3. The van der Waals surface area contributed by atoms with Gasteiger partial charge in [-0.05, 0) is 31.2 Å². The summed E-state index contributed by atoms with van der Waals surface area (Å²) < 4.78 is 75.7. The van der Waals surface area contributed by atoms with Gasteiger partial charge in [0.2, 0.25) is 5.82 Å². The van der Waals surface area contributed by atoms with Crippen LogP contribution in [0.25, 0.3) is 0 Å². The number of anilines is 2. The molecule has 3 unspecified atom stereocenters. The number of esters is 1. The Labute approximate surface area is 230 Å². The summed E-state index contributed by atoms with van der Waals surface area (Å²) in [6.07, 6.45) is -2.06. The lowest BCUT2D eigenvalue weighted by molar-refractivity contribution is -0.172. The number of nitrogens with two attached hydrogens (primary N) is 1. The number of aliphatic hydroxyl groups excluding tert-OH is 1. The third-order valence-corrected chi connectivity index (χ3v) is 6.79. The molecule has 0 saturated carbocycles. The molecule has 8 nitrogen and oxygen atoms in total. The predicted octanol–water partition coefficient (Wildman–Crippen LogP) is 4.73. The number of ether oxygens (including phenoxy) is 1. The zero-order chi connectivity index (χ0) is 30.0. The van der Waals surface area contributed by atoms with E-state index in [9.17, 15) is 41.4 Å². The number of likely N-dealkylation sites (tertiary alicyclic amines) is 1. The molecule has 41 heavy (non-hydrogen) atoms. The van der Waals surface area contributed by atoms with Gasteiger partial charge >= 0.3 is 12.0 Å². The number of rotatable bonds is 7. The Balaban J connectivity index is 1.58. The van der Waals surface area contributed by atoms with E-state index in [4.69, 9.17) is 10.5 Å². The molecule has 1 saturated heterocycles. The number of aliphatic hydroxyl groups is 1. The number of nitrogens with zero attached hydrogens (tertiary/aromatic N) is 2. The number of amides is 2. The minimum absolute atomic E-state index is 0.0317. The highest BCUT2D eigenvalue weighted by atomic mass is 19.2. The Morgan fingerprint density at radius 3 is 2.17 bits per heavy atom. The normalized spacial score (nSPS) is 18.0. The summed E-state index contributed by atoms with van der Waals surface area (Å²) in [5.41, 5.74) is 3.50. The topological polar surface area (TPSA) is 113 Å². The lowest BCUT2D eigenvalue weighted by Gasteiger charge is -2.36. The van der Waals surface area contributed by atoms with Crippen LogP contribution in [0.5, 0.6) is 0 Å². The van der Waals surface area contributed by atoms with E-state index >= 15 is 0 Å². The molecule has 3 atom stereocenters. The standard InChI is InChI=1S/C28H24F5N3O5/c1-35-11-10-16(13-18(35)41-27(39)26(38)14-6-3-2-4-7-14)25(37)15-8-5-9-17(12-15)36(28(34)40)24-22(32)20(30)19(29)21(31)23(24)33/h2-9,12,16,18,26,38H,10-11,13H2,1H3,(H2,34,40). The highest BCUT2D eigenvalue weighted by Gasteiger charge is 2.36. The van der Waals surface area contributed by atoms with Gasteiger partial charge in [-0.25, -0.2) is 31.5 Å². The summed E-state index contributed by atoms with van der Waals surface area (Å²) in [6.45, 7) is 0.327. The van der Waals surface area contributed by atoms with Crippen molar-refractivity contribution in [3.05, 3.63) is 94.8 Å². The van der Waals surface area contributed by atoms with Crippen molar-refractivity contribution >= 4 is 29.2 Å². The third-order valence-electron chi connectivity index (χ3n) is 6.79. The van der Waals surface area contributed by atoms with Crippen molar-refractivity contribution in [1.29, 1.82) is 0 Å². The van der Waals surface area contributed by atoms with Crippen LogP contribution in [0.3, 0.4) is 0 Å². The van der Waals surface area contributed by atoms with E-state index in [0.717, 1.165) is 12.1 Å². The molecule has 3 aromatic carbocycles. The quantitative estimate of drug-likeness (QED) is 0.138. The first-order chi connectivity index (χ1) is 19.4. The summed E-state index contributed by atoms with van der Waals surface area (Å²) in [6, 6.07) is 11.3. The number of carbonyl (C=O) groups excluding carboxylic acids is 3. The van der Waals surface area contributed by atoms with Crippen LogP contribution in [0, 0.1) is 35.0 Å². The number of carbonyl (C=O) groups is 3. The number of benzene rings is 3. The molecule has 4 rings (SSSR count). The van der Waals surface area contributed by atoms with Gasteiger partial charge in [0.1, 0.15) is 5.69 Å². The van der Waals surface area contributed by atoms with Crippen LogP contribution in [0.4, 0.5) is 38.1 Å². The van der Waals surface area contributed by atoms with Crippen LogP contribution in [0.15, 0.2) is 54.6 Å². The van der Waals surface area contributed by atoms with Gasteiger partial charge in [-0.3, -0.25) is 14.6 Å². The predicted molar refractivity (Wildman–Crippen MR) is 135 cm³/mol. The van der Waals surface area contributed by atoms with Gasteiger partial charge in [-0.15, -0.1) is 0 Å². The number of urea groups is 1. The number of hydrogen-bond acceptors (Lipinski definition) is 6. The fourth-order valence-corrected chi connectivity index (χ4v) is 4.58. The van der Waals surface area contributed by atoms with Crippen molar-refractivity contribution < 1.29 is 46.2 Å². The molecule has 1 heterocycles. The van der Waals surface area contributed by atoms with Crippen LogP contribution in [-0.4, -0.2) is 47.6 Å². The van der Waals surface area contributed by atoms with Gasteiger partial charge < -0.3 is 15.6 Å². The second-order valence-corrected chi connectivity index (χ2v) is 9.41. The van der Waals surface area contributed by atoms with Gasteiger partial charge in [0.05, 0.1) is 5.69 Å². The zero-order valence-electron chi connectivity index (χ0n) is 21.5. The molecule has 0 spiro atoms. The first-order valence-electron chi connectivity index (χ1n) is 12.3. The Morgan fingerprint density at radius 2 is 1.56 bits per heavy atom. The monoisotopic (exact) mass is 577 g/mol. The molecular formula is C28H24F5N3O5. The molecule has 3 aromatic rings. The fraction of sp³-hybridized carbons (Fsp3) is 0.250. The summed E-state index contributed by atoms with van der Waals surface area (Å²) in [5.74, 6) is -13.7. The SMILES string of the molecule is CN1CCC(C(=O)c2cccc(N(C(N)=O)c3c(F)c(F)c(F)c(F)c3F)c2)CC1OC(=O)C(O)c1ccccc1. The lowest BCUT2D eigenvalue weighted by atomic mass is 9.88. The first kappa shape index (κ1) is 29.6. The molecule has 3 N–H and O–H groups in total. The van der Waals surface area contributed by atoms with E-state index in [0.29, 0.717) is 18.5 Å². The van der Waals surface area contributed by atoms with Crippen molar-refractivity contribution in [3.63, 3.8) is 0 Å². The van der Waals surface area contributed by atoms with Crippen LogP contribution in [0.1, 0.15) is 34.9 Å². The average Bonchev–Trinajstić information content (AvgIpc) is 2.97. The molecule has 0 radical (unpaired) electrons. The number of Topliss-reactive ketones (excluding diaryl/α,β-unsaturated/α-hetero) is 1. The number of halogens is 5. The molecule has 1 aliphatic rings. The van der Waals surface area contributed by atoms with Crippen LogP contribution < -0.4 is 10.6 Å². The van der Waals surface area contributed by atoms with Gasteiger partial charge in [0.15, 0.2) is 41.4 Å². The molecular weight excluding hydrogens is 553 g/mol. The maximum absolute atomic E-state index is 14.5. The average molecular weight is 578 g/mol. The summed E-state index contributed by atoms with van der Waals surface area (Å²) in [7, 11) is 1.67. The van der Waals surface area contributed by atoms with Crippen molar-refractivity contribution in [2.75, 3.05) is 18.5 Å². The van der Waals surface area contributed by atoms with Crippen LogP contribution in [0.2, 0.25) is 0 Å². The maximum atomic E-state index is 14.5. The van der Waals surface area contributed by atoms with Crippen molar-refractivity contribution in [2.24, 2.45) is 11.7 Å². The maximum Gasteiger partial charge on any atom is 0.341 e. The molecule has 1 fully saturated rings. The summed E-state index contributed by atoms with van der Waals surface area (Å²) in [4.78, 5) is 39.9. The second kappa shape index (κ2) is 12.0. The summed E-state index contributed by atoms with van der Waals surface area (Å²) in [5, 5.41) is 10.3. The lowest BCUT2D eigenvalue weighted by Crippen LogP contribution is -2.45. The molecule has 0 aromatic heterocycles. The third kappa shape index (κ3) is 5.91. The summed E-state index contributed by atoms with van der Waals surface area (Å²) >= 11 is 0. The van der Waals surface area contributed by atoms with Gasteiger partial charge in [0.25, 0.3) is 0 Å². The minimum atomic E-state index is -2.41. The van der Waals surface area contributed by atoms with Gasteiger partial charge in [0, 0.05) is 24.4 Å². The molecule has 0 bridgehead atoms. The van der Waals surface area contributed by atoms with E-state index < -0.39 is 76.5 Å². The van der Waals surface area contributed by atoms with E-state index in [1.54, 1.807) is 42.3 Å². The van der Waals surface area contributed by atoms with E-state index in [-0.39, 0.29) is 16.9 Å². The molecule has 0 aliphatic carbocycles. The van der Waals surface area contributed by atoms with E-state index in [2.05, 4.69) is 0 Å². The molecule has 216 valence electrons. The number of ketones is 1. The van der Waals surface area contributed by atoms with E-state index in [1.807, 2.05) is 0 Å². The Bertz CT molecular complexity index is 1460. The van der Waals surface area contributed by atoms with Crippen molar-refractivity contribution in [2.45, 2.75) is 25.2 Å². The minimum Gasteiger partial charge on any atom is -0.444 e. The highest BCUT2D eigenvalue weighted by Crippen LogP contribution is 2.36. The molecule has 2 amide bonds. The van der Waals surface area contributed by atoms with Crippen LogP contribution >= 0.6 is 0 Å². The highest BCUT2D eigenvalue weighted by molar-refractivity contribution is 6.02. The largest absolute Gasteiger partial charge is 0.444 e. The molecule has 1 aliphatic heterocycles. The smallest absolute Gasteiger partial charge is 0.341 e. The zero-order valence-corrected chi connectivity index (χ0v) is 21.5.